The lowest BCUT2D eigenvalue weighted by molar-refractivity contribution is 0.0702. The van der Waals surface area contributed by atoms with Crippen LogP contribution < -0.4 is 10.6 Å². The molecule has 2 aliphatic carbocycles. The first-order valence-corrected chi connectivity index (χ1v) is 9.46. The number of nitrogens with one attached hydrogen (secondary N) is 2. The van der Waals surface area contributed by atoms with Gasteiger partial charge in [0, 0.05) is 32.8 Å². The first-order chi connectivity index (χ1) is 11.3. The average molecular weight is 325 g/mol. The summed E-state index contributed by atoms with van der Waals surface area (Å²) in [5.74, 6) is 2.82. The molecule has 0 aromatic carbocycles. The van der Waals surface area contributed by atoms with E-state index in [1.807, 2.05) is 0 Å². The minimum Gasteiger partial charge on any atom is -0.382 e. The van der Waals surface area contributed by atoms with E-state index in [1.165, 1.54) is 38.5 Å². The van der Waals surface area contributed by atoms with Crippen molar-refractivity contribution in [3.05, 3.63) is 0 Å². The summed E-state index contributed by atoms with van der Waals surface area (Å²) in [6, 6.07) is 0.647. The minimum absolute atomic E-state index is 0.647. The Labute approximate surface area is 141 Å². The largest absolute Gasteiger partial charge is 0.382 e. The fraction of sp³-hybridized carbons (Fsp3) is 0.944. The molecule has 2 saturated carbocycles. The van der Waals surface area contributed by atoms with Crippen LogP contribution in [0.15, 0.2) is 4.99 Å². The molecule has 2 aliphatic rings. The number of hydrogen-bond acceptors (Lipinski definition) is 3. The van der Waals surface area contributed by atoms with Crippen molar-refractivity contribution < 1.29 is 9.47 Å². The molecule has 23 heavy (non-hydrogen) atoms. The standard InChI is InChI=1S/C18H35N3O2/c1-3-19-18(20-10-7-11-23-13-12-22-2)21-17-14-16(17)15-8-5-4-6-9-15/h15-17H,3-14H2,1-2H3,(H2,19,20,21). The van der Waals surface area contributed by atoms with E-state index in [4.69, 9.17) is 9.47 Å². The van der Waals surface area contributed by atoms with Crippen molar-refractivity contribution in [1.82, 2.24) is 10.6 Å². The molecule has 0 aromatic rings. The maximum atomic E-state index is 5.47. The van der Waals surface area contributed by atoms with Crippen LogP contribution in [0.4, 0.5) is 0 Å². The Morgan fingerprint density at radius 1 is 1.13 bits per heavy atom. The molecule has 2 rings (SSSR count). The van der Waals surface area contributed by atoms with Gasteiger partial charge in [-0.1, -0.05) is 32.1 Å². The lowest BCUT2D eigenvalue weighted by Crippen LogP contribution is -2.39. The predicted molar refractivity (Wildman–Crippen MR) is 94.9 cm³/mol. The monoisotopic (exact) mass is 325 g/mol. The molecular formula is C18H35N3O2. The second-order valence-electron chi connectivity index (χ2n) is 6.77. The summed E-state index contributed by atoms with van der Waals surface area (Å²) in [5.41, 5.74) is 0. The van der Waals surface area contributed by atoms with Crippen molar-refractivity contribution in [3.8, 4) is 0 Å². The van der Waals surface area contributed by atoms with Crippen LogP contribution in [0.25, 0.3) is 0 Å². The number of hydrogen-bond donors (Lipinski definition) is 2. The zero-order valence-corrected chi connectivity index (χ0v) is 15.0. The summed E-state index contributed by atoms with van der Waals surface area (Å²) in [6.45, 7) is 5.93. The van der Waals surface area contributed by atoms with Crippen LogP contribution in [0, 0.1) is 11.8 Å². The highest BCUT2D eigenvalue weighted by molar-refractivity contribution is 5.80. The van der Waals surface area contributed by atoms with E-state index in [0.29, 0.717) is 19.3 Å². The van der Waals surface area contributed by atoms with Gasteiger partial charge in [-0.2, -0.15) is 0 Å². The van der Waals surface area contributed by atoms with Gasteiger partial charge in [0.2, 0.25) is 0 Å². The van der Waals surface area contributed by atoms with Crippen LogP contribution in [0.5, 0.6) is 0 Å². The molecule has 134 valence electrons. The normalized spacial score (nSPS) is 25.4. The third-order valence-corrected chi connectivity index (χ3v) is 4.91. The molecule has 0 aliphatic heterocycles. The molecule has 2 unspecified atom stereocenters. The summed E-state index contributed by atoms with van der Waals surface area (Å²) in [4.78, 5) is 4.67. The number of methoxy groups -OCH3 is 1. The van der Waals surface area contributed by atoms with Gasteiger partial charge in [-0.15, -0.1) is 0 Å². The lowest BCUT2D eigenvalue weighted by Gasteiger charge is -2.22. The number of guanidine groups is 1. The smallest absolute Gasteiger partial charge is 0.191 e. The second kappa shape index (κ2) is 10.9. The van der Waals surface area contributed by atoms with Crippen LogP contribution in [0.1, 0.15) is 51.9 Å². The first-order valence-electron chi connectivity index (χ1n) is 9.46. The van der Waals surface area contributed by atoms with Crippen LogP contribution in [0.3, 0.4) is 0 Å². The Morgan fingerprint density at radius 2 is 1.96 bits per heavy atom. The first kappa shape index (κ1) is 18.5. The highest BCUT2D eigenvalue weighted by atomic mass is 16.5. The van der Waals surface area contributed by atoms with E-state index in [1.54, 1.807) is 7.11 Å². The van der Waals surface area contributed by atoms with E-state index < -0.39 is 0 Å². The zero-order chi connectivity index (χ0) is 16.3. The average Bonchev–Trinajstić information content (AvgIpc) is 3.34. The summed E-state index contributed by atoms with van der Waals surface area (Å²) >= 11 is 0. The van der Waals surface area contributed by atoms with Gasteiger partial charge in [-0.3, -0.25) is 4.99 Å². The van der Waals surface area contributed by atoms with Crippen molar-refractivity contribution in [2.24, 2.45) is 16.8 Å². The van der Waals surface area contributed by atoms with Crippen molar-refractivity contribution in [1.29, 1.82) is 0 Å². The second-order valence-corrected chi connectivity index (χ2v) is 6.77. The maximum Gasteiger partial charge on any atom is 0.191 e. The summed E-state index contributed by atoms with van der Waals surface area (Å²) < 4.78 is 10.4. The van der Waals surface area contributed by atoms with Gasteiger partial charge in [0.25, 0.3) is 0 Å². The Bertz CT molecular complexity index is 343. The topological polar surface area (TPSA) is 54.9 Å². The van der Waals surface area contributed by atoms with Crippen molar-refractivity contribution >= 4 is 5.96 Å². The van der Waals surface area contributed by atoms with Crippen LogP contribution in [-0.2, 0) is 9.47 Å². The lowest BCUT2D eigenvalue weighted by atomic mass is 9.85. The molecule has 5 nitrogen and oxygen atoms in total. The molecule has 0 heterocycles. The molecule has 0 saturated heterocycles. The predicted octanol–water partition coefficient (Wildman–Crippen LogP) is 2.56. The summed E-state index contributed by atoms with van der Waals surface area (Å²) in [7, 11) is 1.69. The quantitative estimate of drug-likeness (QED) is 0.368. The molecule has 0 spiro atoms. The van der Waals surface area contributed by atoms with Gasteiger partial charge in [0.1, 0.15) is 0 Å². The number of nitrogens with zero attached hydrogens (tertiary/aromatic N) is 1. The summed E-state index contributed by atoms with van der Waals surface area (Å²) in [6.07, 6.45) is 9.48. The van der Waals surface area contributed by atoms with Gasteiger partial charge in [-0.05, 0) is 31.6 Å². The van der Waals surface area contributed by atoms with E-state index in [2.05, 4.69) is 22.5 Å². The third-order valence-electron chi connectivity index (χ3n) is 4.91. The van der Waals surface area contributed by atoms with Crippen molar-refractivity contribution in [2.75, 3.05) is 40.0 Å². The SMILES string of the molecule is CCNC(=NCCCOCCOC)NC1CC1C1CCCCC1. The number of ether oxygens (including phenoxy) is 2. The van der Waals surface area contributed by atoms with Gasteiger partial charge < -0.3 is 20.1 Å². The third kappa shape index (κ3) is 7.08. The molecular weight excluding hydrogens is 290 g/mol. The van der Waals surface area contributed by atoms with E-state index >= 15 is 0 Å². The number of aliphatic imine (C=N–C) groups is 1. The van der Waals surface area contributed by atoms with Gasteiger partial charge in [0.15, 0.2) is 5.96 Å². The van der Waals surface area contributed by atoms with Crippen LogP contribution in [-0.4, -0.2) is 52.0 Å². The molecule has 0 radical (unpaired) electrons. The molecule has 0 aromatic heterocycles. The van der Waals surface area contributed by atoms with Crippen LogP contribution >= 0.6 is 0 Å². The highest BCUT2D eigenvalue weighted by Crippen LogP contribution is 2.44. The molecule has 0 bridgehead atoms. The fourth-order valence-corrected chi connectivity index (χ4v) is 3.56. The molecule has 2 atom stereocenters. The highest BCUT2D eigenvalue weighted by Gasteiger charge is 2.43. The Hall–Kier alpha value is -0.810. The molecule has 0 amide bonds. The molecule has 2 N–H and O–H groups in total. The fourth-order valence-electron chi connectivity index (χ4n) is 3.56. The zero-order valence-electron chi connectivity index (χ0n) is 15.0. The minimum atomic E-state index is 0.647. The summed E-state index contributed by atoms with van der Waals surface area (Å²) in [5, 5.41) is 7.00. The maximum absolute atomic E-state index is 5.47. The Morgan fingerprint density at radius 3 is 2.70 bits per heavy atom. The van der Waals surface area contributed by atoms with E-state index in [0.717, 1.165) is 43.9 Å². The molecule has 5 heteroatoms. The Balaban J connectivity index is 1.62. The van der Waals surface area contributed by atoms with Crippen molar-refractivity contribution in [3.63, 3.8) is 0 Å². The number of rotatable bonds is 10. The Kier molecular flexibility index (Phi) is 8.76. The van der Waals surface area contributed by atoms with E-state index in [9.17, 15) is 0 Å². The molecule has 2 fully saturated rings. The van der Waals surface area contributed by atoms with Gasteiger partial charge >= 0.3 is 0 Å². The van der Waals surface area contributed by atoms with Crippen LogP contribution in [0.2, 0.25) is 0 Å². The van der Waals surface area contributed by atoms with E-state index in [-0.39, 0.29) is 0 Å². The van der Waals surface area contributed by atoms with Gasteiger partial charge in [-0.25, -0.2) is 0 Å². The van der Waals surface area contributed by atoms with Gasteiger partial charge in [0.05, 0.1) is 13.2 Å². The van der Waals surface area contributed by atoms with Crippen molar-refractivity contribution in [2.45, 2.75) is 57.9 Å².